The van der Waals surface area contributed by atoms with Gasteiger partial charge in [-0.15, -0.1) is 0 Å². The van der Waals surface area contributed by atoms with E-state index in [1.54, 1.807) is 22.8 Å². The maximum atomic E-state index is 14.3. The normalized spacial score (nSPS) is 14.7. The third kappa shape index (κ3) is 5.65. The lowest BCUT2D eigenvalue weighted by Gasteiger charge is -2.25. The van der Waals surface area contributed by atoms with Gasteiger partial charge in [0.2, 0.25) is 0 Å². The topological polar surface area (TPSA) is 106 Å². The van der Waals surface area contributed by atoms with E-state index in [0.29, 0.717) is 32.2 Å². The molecule has 0 spiro atoms. The second kappa shape index (κ2) is 12.3. The Morgan fingerprint density at radius 1 is 0.957 bits per heavy atom. The van der Waals surface area contributed by atoms with Crippen LogP contribution < -0.4 is 20.2 Å². The van der Waals surface area contributed by atoms with Crippen LogP contribution >= 0.6 is 11.3 Å². The summed E-state index contributed by atoms with van der Waals surface area (Å²) >= 11 is 1.29. The van der Waals surface area contributed by atoms with Crippen molar-refractivity contribution >= 4 is 35.0 Å². The number of nitrogens with zero attached hydrogens (tertiary/aromatic N) is 3. The average Bonchev–Trinajstić information content (AvgIpc) is 3.49. The number of hydrogen-bond acceptors (Lipinski definition) is 5. The first-order valence-corrected chi connectivity index (χ1v) is 15.9. The van der Waals surface area contributed by atoms with Gasteiger partial charge < -0.3 is 15.0 Å². The van der Waals surface area contributed by atoms with E-state index in [0.717, 1.165) is 33.8 Å². The molecule has 0 unspecified atom stereocenters. The first-order valence-electron chi connectivity index (χ1n) is 15.0. The lowest BCUT2D eigenvalue weighted by Crippen LogP contribution is -2.40. The number of aryl methyl sites for hydroxylation is 1. The Kier molecular flexibility index (Phi) is 8.19. The molecule has 3 heterocycles. The molecule has 0 saturated carbocycles. The summed E-state index contributed by atoms with van der Waals surface area (Å²) in [5.74, 6) is -0.974. The summed E-state index contributed by atoms with van der Waals surface area (Å²) in [5.41, 5.74) is 6.89. The van der Waals surface area contributed by atoms with E-state index in [1.807, 2.05) is 98.1 Å². The molecule has 0 fully saturated rings. The third-order valence-electron chi connectivity index (χ3n) is 8.33. The number of thiazole rings is 1. The van der Waals surface area contributed by atoms with Gasteiger partial charge in [0.15, 0.2) is 4.80 Å². The van der Waals surface area contributed by atoms with E-state index in [-0.39, 0.29) is 17.0 Å². The maximum Gasteiger partial charge on any atom is 0.335 e. The van der Waals surface area contributed by atoms with Crippen molar-refractivity contribution < 1.29 is 14.7 Å². The molecule has 1 atom stereocenters. The third-order valence-corrected chi connectivity index (χ3v) is 9.31. The molecule has 46 heavy (non-hydrogen) atoms. The van der Waals surface area contributed by atoms with Crippen LogP contribution in [0, 0.1) is 13.8 Å². The van der Waals surface area contributed by atoms with Gasteiger partial charge in [0, 0.05) is 22.8 Å². The molecule has 0 saturated heterocycles. The Labute approximate surface area is 270 Å². The number of carbonyl (C=O) groups is 2. The number of aromatic carboxylic acids is 1. The largest absolute Gasteiger partial charge is 0.478 e. The number of aromatic nitrogens is 2. The van der Waals surface area contributed by atoms with Gasteiger partial charge in [0.25, 0.3) is 11.5 Å². The van der Waals surface area contributed by atoms with Gasteiger partial charge >= 0.3 is 5.97 Å². The molecular formula is C37H34N4O4S. The highest BCUT2D eigenvalue weighted by molar-refractivity contribution is 7.07. The Morgan fingerprint density at radius 2 is 1.67 bits per heavy atom. The summed E-state index contributed by atoms with van der Waals surface area (Å²) < 4.78 is 4.09. The number of fused-ring (bicyclic) bond motifs is 1. The maximum absolute atomic E-state index is 14.3. The van der Waals surface area contributed by atoms with E-state index < -0.39 is 12.0 Å². The van der Waals surface area contributed by atoms with Crippen LogP contribution in [0.1, 0.15) is 71.2 Å². The molecule has 0 bridgehead atoms. The number of benzene rings is 3. The highest BCUT2D eigenvalue weighted by atomic mass is 32.1. The smallest absolute Gasteiger partial charge is 0.335 e. The van der Waals surface area contributed by atoms with Gasteiger partial charge in [-0.3, -0.25) is 14.2 Å². The van der Waals surface area contributed by atoms with E-state index in [1.165, 1.54) is 11.3 Å². The predicted molar refractivity (Wildman–Crippen MR) is 182 cm³/mol. The lowest BCUT2D eigenvalue weighted by atomic mass is 9.93. The summed E-state index contributed by atoms with van der Waals surface area (Å²) in [5, 5.41) is 12.5. The fourth-order valence-electron chi connectivity index (χ4n) is 5.96. The monoisotopic (exact) mass is 630 g/mol. The van der Waals surface area contributed by atoms with Crippen LogP contribution in [0.5, 0.6) is 0 Å². The Bertz CT molecular complexity index is 2200. The van der Waals surface area contributed by atoms with Crippen LogP contribution in [0.3, 0.4) is 0 Å². The quantitative estimate of drug-likeness (QED) is 0.227. The summed E-state index contributed by atoms with van der Waals surface area (Å²) in [4.78, 5) is 45.0. The number of hydrogen-bond donors (Lipinski definition) is 2. The van der Waals surface area contributed by atoms with E-state index in [9.17, 15) is 19.5 Å². The summed E-state index contributed by atoms with van der Waals surface area (Å²) in [6.07, 6.45) is 1.85. The minimum Gasteiger partial charge on any atom is -0.478 e. The van der Waals surface area contributed by atoms with Crippen LogP contribution in [-0.2, 0) is 4.79 Å². The number of carbonyl (C=O) groups excluding carboxylic acids is 1. The molecule has 5 aromatic rings. The molecule has 0 aliphatic carbocycles. The minimum atomic E-state index is -0.994. The first-order chi connectivity index (χ1) is 22.0. The fourth-order valence-corrected chi connectivity index (χ4v) is 7.00. The molecule has 8 nitrogen and oxygen atoms in total. The summed E-state index contributed by atoms with van der Waals surface area (Å²) in [6.45, 7) is 9.95. The number of nitrogens with one attached hydrogen (secondary N) is 1. The number of rotatable bonds is 7. The molecular weight excluding hydrogens is 596 g/mol. The number of anilines is 1. The van der Waals surface area contributed by atoms with Crippen molar-refractivity contribution in [1.82, 2.24) is 9.13 Å². The van der Waals surface area contributed by atoms with Crippen molar-refractivity contribution in [2.45, 2.75) is 46.6 Å². The molecule has 6 rings (SSSR count). The second-order valence-electron chi connectivity index (χ2n) is 11.7. The zero-order valence-corrected chi connectivity index (χ0v) is 27.1. The molecule has 1 aliphatic rings. The van der Waals surface area contributed by atoms with Gasteiger partial charge in [-0.1, -0.05) is 73.7 Å². The number of amides is 1. The van der Waals surface area contributed by atoms with Gasteiger partial charge in [-0.05, 0) is 85.9 Å². The lowest BCUT2D eigenvalue weighted by molar-refractivity contribution is -0.113. The van der Waals surface area contributed by atoms with Crippen molar-refractivity contribution in [2.75, 3.05) is 5.32 Å². The summed E-state index contributed by atoms with van der Waals surface area (Å²) in [7, 11) is 0. The zero-order valence-electron chi connectivity index (χ0n) is 26.2. The number of carboxylic acid groups (broad SMARTS) is 1. The van der Waals surface area contributed by atoms with E-state index in [4.69, 9.17) is 4.99 Å². The van der Waals surface area contributed by atoms with Crippen LogP contribution in [-0.4, -0.2) is 26.1 Å². The Morgan fingerprint density at radius 3 is 2.35 bits per heavy atom. The van der Waals surface area contributed by atoms with E-state index >= 15 is 0 Å². The van der Waals surface area contributed by atoms with Crippen molar-refractivity contribution in [2.24, 2.45) is 4.99 Å². The molecule has 2 aromatic heterocycles. The van der Waals surface area contributed by atoms with Gasteiger partial charge in [-0.2, -0.15) is 0 Å². The van der Waals surface area contributed by atoms with Crippen molar-refractivity contribution in [3.63, 3.8) is 0 Å². The molecule has 1 aliphatic heterocycles. The molecule has 1 amide bonds. The molecule has 9 heteroatoms. The van der Waals surface area contributed by atoms with Crippen LogP contribution in [0.2, 0.25) is 0 Å². The van der Waals surface area contributed by atoms with Crippen LogP contribution in [0.25, 0.3) is 11.8 Å². The summed E-state index contributed by atoms with van der Waals surface area (Å²) in [6, 6.07) is 25.4. The molecule has 3 aromatic carbocycles. The number of para-hydroxylation sites is 1. The average molecular weight is 631 g/mol. The van der Waals surface area contributed by atoms with Crippen molar-refractivity contribution in [3.8, 4) is 5.69 Å². The number of carboxylic acids is 1. The Hall–Kier alpha value is -5.28. The predicted octanol–water partition coefficient (Wildman–Crippen LogP) is 6.10. The van der Waals surface area contributed by atoms with Gasteiger partial charge in [0.1, 0.15) is 0 Å². The first kappa shape index (κ1) is 30.7. The van der Waals surface area contributed by atoms with Gasteiger partial charge in [-0.25, -0.2) is 9.79 Å². The van der Waals surface area contributed by atoms with E-state index in [2.05, 4.69) is 19.2 Å². The fraction of sp³-hybridized carbons (Fsp3) is 0.189. The highest BCUT2D eigenvalue weighted by Gasteiger charge is 2.32. The highest BCUT2D eigenvalue weighted by Crippen LogP contribution is 2.32. The SMILES string of the molecule is CC1=C(C(=O)Nc2ccccc2)[C@H](c2ccc(C(C)C)cc2)n2c(s/c(=C\c3cc(C)n(-c4cccc(C(=O)O)c4)c3C)c2=O)=N1. The molecule has 2 N–H and O–H groups in total. The van der Waals surface area contributed by atoms with Crippen LogP contribution in [0.4, 0.5) is 5.69 Å². The Balaban J connectivity index is 1.48. The molecule has 232 valence electrons. The minimum absolute atomic E-state index is 0.198. The molecule has 0 radical (unpaired) electrons. The van der Waals surface area contributed by atoms with Crippen LogP contribution in [0.15, 0.2) is 106 Å². The zero-order chi connectivity index (χ0) is 32.7. The standard InChI is InChI=1S/C37H34N4O4S/c1-21(2)25-14-16-26(17-15-25)33-32(34(42)39-29-11-7-6-8-12-29)23(4)38-37-41(33)35(43)31(46-37)20-28-18-22(3)40(24(28)5)30-13-9-10-27(19-30)36(44)45/h6-21,33H,1-5H3,(H,39,42)(H,44,45)/b31-20-/t33-/m0/s1. The number of allylic oxidation sites excluding steroid dienone is 1. The van der Waals surface area contributed by atoms with Crippen molar-refractivity contribution in [1.29, 1.82) is 0 Å². The van der Waals surface area contributed by atoms with Crippen molar-refractivity contribution in [3.05, 3.63) is 150 Å². The van der Waals surface area contributed by atoms with Gasteiger partial charge in [0.05, 0.1) is 27.4 Å². The second-order valence-corrected chi connectivity index (χ2v) is 12.7.